The summed E-state index contributed by atoms with van der Waals surface area (Å²) in [5.41, 5.74) is 8.80. The summed E-state index contributed by atoms with van der Waals surface area (Å²) in [5.74, 6) is 1.62. The minimum atomic E-state index is 0.162. The highest BCUT2D eigenvalue weighted by Crippen LogP contribution is 2.67. The van der Waals surface area contributed by atoms with Crippen molar-refractivity contribution in [2.45, 2.75) is 44.9 Å². The summed E-state index contributed by atoms with van der Waals surface area (Å²) in [7, 11) is 0. The Bertz CT molecular complexity index is 671. The molecule has 18 heavy (non-hydrogen) atoms. The van der Waals surface area contributed by atoms with Gasteiger partial charge in [-0.1, -0.05) is 20.8 Å². The Morgan fingerprint density at radius 1 is 1.33 bits per heavy atom. The number of rotatable bonds is 0. The van der Waals surface area contributed by atoms with Crippen LogP contribution in [0, 0.1) is 5.41 Å². The van der Waals surface area contributed by atoms with Crippen LogP contribution in [-0.2, 0) is 5.41 Å². The standard InChI is InChI=1S/C13H17N5/c1-12(2)8-4-5-13(12,3)9-7(8)6-18-10(14)16-17-11(18)15-9/h6,8H,4-5H2,1-3H3,(H2,14,16)/t8-,13+/m1/s1. The lowest BCUT2D eigenvalue weighted by Crippen LogP contribution is -2.32. The highest BCUT2D eigenvalue weighted by molar-refractivity contribution is 5.49. The van der Waals surface area contributed by atoms with Crippen LogP contribution in [0.15, 0.2) is 6.20 Å². The molecule has 2 aliphatic carbocycles. The highest BCUT2D eigenvalue weighted by atomic mass is 15.3. The Labute approximate surface area is 105 Å². The van der Waals surface area contributed by atoms with E-state index < -0.39 is 0 Å². The molecule has 2 bridgehead atoms. The van der Waals surface area contributed by atoms with Gasteiger partial charge in [-0.2, -0.15) is 0 Å². The van der Waals surface area contributed by atoms with Crippen molar-refractivity contribution in [1.82, 2.24) is 19.6 Å². The molecule has 1 saturated carbocycles. The molecule has 2 aliphatic rings. The van der Waals surface area contributed by atoms with Gasteiger partial charge in [-0.3, -0.25) is 4.40 Å². The van der Waals surface area contributed by atoms with Crippen molar-refractivity contribution in [2.24, 2.45) is 5.41 Å². The number of fused-ring (bicyclic) bond motifs is 6. The van der Waals surface area contributed by atoms with Crippen molar-refractivity contribution >= 4 is 11.7 Å². The van der Waals surface area contributed by atoms with Gasteiger partial charge in [0.25, 0.3) is 5.78 Å². The van der Waals surface area contributed by atoms with Gasteiger partial charge in [0.2, 0.25) is 5.95 Å². The second-order valence-electron chi connectivity index (χ2n) is 6.42. The predicted octanol–water partition coefficient (Wildman–Crippen LogP) is 1.88. The van der Waals surface area contributed by atoms with Crippen LogP contribution in [0.2, 0.25) is 0 Å². The Hall–Kier alpha value is -1.65. The zero-order valence-electron chi connectivity index (χ0n) is 10.9. The molecule has 2 aromatic rings. The molecule has 2 aromatic heterocycles. The van der Waals surface area contributed by atoms with E-state index >= 15 is 0 Å². The zero-order chi connectivity index (χ0) is 12.7. The number of aromatic nitrogens is 4. The average Bonchev–Trinajstić information content (AvgIpc) is 2.84. The smallest absolute Gasteiger partial charge is 0.256 e. The largest absolute Gasteiger partial charge is 0.368 e. The topological polar surface area (TPSA) is 69.1 Å². The van der Waals surface area contributed by atoms with Gasteiger partial charge < -0.3 is 5.73 Å². The maximum absolute atomic E-state index is 5.82. The summed E-state index contributed by atoms with van der Waals surface area (Å²) in [5, 5.41) is 7.93. The Kier molecular flexibility index (Phi) is 1.53. The molecule has 2 N–H and O–H groups in total. The molecular weight excluding hydrogens is 226 g/mol. The van der Waals surface area contributed by atoms with Gasteiger partial charge in [-0.05, 0) is 29.7 Å². The molecule has 0 saturated heterocycles. The SMILES string of the molecule is CC1(C)[C@@H]2CC[C@@]1(C)c1nc3nnc(N)n3cc12. The molecule has 0 unspecified atom stereocenters. The van der Waals surface area contributed by atoms with Crippen LogP contribution in [0.25, 0.3) is 5.78 Å². The minimum Gasteiger partial charge on any atom is -0.368 e. The van der Waals surface area contributed by atoms with Crippen LogP contribution < -0.4 is 5.73 Å². The Morgan fingerprint density at radius 3 is 2.89 bits per heavy atom. The molecule has 5 nitrogen and oxygen atoms in total. The molecule has 0 amide bonds. The van der Waals surface area contributed by atoms with Crippen LogP contribution in [0.5, 0.6) is 0 Å². The van der Waals surface area contributed by atoms with E-state index in [1.807, 2.05) is 0 Å². The second kappa shape index (κ2) is 2.68. The van der Waals surface area contributed by atoms with Crippen LogP contribution in [0.3, 0.4) is 0 Å². The summed E-state index contributed by atoms with van der Waals surface area (Å²) in [6.45, 7) is 7.05. The quantitative estimate of drug-likeness (QED) is 0.767. The molecule has 4 rings (SSSR count). The van der Waals surface area contributed by atoms with E-state index in [1.54, 1.807) is 4.40 Å². The Balaban J connectivity index is 2.09. The van der Waals surface area contributed by atoms with E-state index in [0.29, 0.717) is 17.6 Å². The maximum atomic E-state index is 5.82. The van der Waals surface area contributed by atoms with Gasteiger partial charge in [-0.25, -0.2) is 4.98 Å². The summed E-state index contributed by atoms with van der Waals surface area (Å²) in [6, 6.07) is 0. The van der Waals surface area contributed by atoms with Gasteiger partial charge in [0.05, 0.1) is 5.69 Å². The third-order valence-corrected chi connectivity index (χ3v) is 5.58. The van der Waals surface area contributed by atoms with Gasteiger partial charge in [-0.15, -0.1) is 10.2 Å². The molecule has 94 valence electrons. The first-order chi connectivity index (χ1) is 8.45. The van der Waals surface area contributed by atoms with Crippen molar-refractivity contribution < 1.29 is 0 Å². The first-order valence-corrected chi connectivity index (χ1v) is 6.47. The molecule has 0 aromatic carbocycles. The molecule has 5 heteroatoms. The minimum absolute atomic E-state index is 0.162. The van der Waals surface area contributed by atoms with Crippen LogP contribution in [0.4, 0.5) is 5.95 Å². The lowest BCUT2D eigenvalue weighted by Gasteiger charge is -2.34. The van der Waals surface area contributed by atoms with Crippen molar-refractivity contribution in [3.05, 3.63) is 17.5 Å². The number of hydrogen-bond donors (Lipinski definition) is 1. The lowest BCUT2D eigenvalue weighted by atomic mass is 9.70. The molecule has 0 radical (unpaired) electrons. The number of nitrogen functional groups attached to an aromatic ring is 1. The normalized spacial score (nSPS) is 32.1. The van der Waals surface area contributed by atoms with E-state index in [4.69, 9.17) is 10.7 Å². The number of nitrogens with zero attached hydrogens (tertiary/aromatic N) is 4. The summed E-state index contributed by atoms with van der Waals surface area (Å²) in [4.78, 5) is 4.74. The van der Waals surface area contributed by atoms with Crippen molar-refractivity contribution in [2.75, 3.05) is 5.73 Å². The molecule has 0 aliphatic heterocycles. The van der Waals surface area contributed by atoms with E-state index in [0.717, 1.165) is 0 Å². The first kappa shape index (κ1) is 10.3. The fraction of sp³-hybridized carbons (Fsp3) is 0.615. The summed E-state index contributed by atoms with van der Waals surface area (Å²) >= 11 is 0. The summed E-state index contributed by atoms with van der Waals surface area (Å²) in [6.07, 6.45) is 4.56. The molecule has 1 fully saturated rings. The second-order valence-corrected chi connectivity index (χ2v) is 6.42. The fourth-order valence-electron chi connectivity index (χ4n) is 4.02. The summed E-state index contributed by atoms with van der Waals surface area (Å²) < 4.78 is 1.80. The predicted molar refractivity (Wildman–Crippen MR) is 68.3 cm³/mol. The van der Waals surface area contributed by atoms with E-state index in [9.17, 15) is 0 Å². The maximum Gasteiger partial charge on any atom is 0.256 e. The number of nitrogens with two attached hydrogens (primary N) is 1. The van der Waals surface area contributed by atoms with Crippen LogP contribution in [0.1, 0.15) is 50.8 Å². The van der Waals surface area contributed by atoms with Crippen molar-refractivity contribution in [3.63, 3.8) is 0 Å². The van der Waals surface area contributed by atoms with E-state index in [-0.39, 0.29) is 10.8 Å². The fourth-order valence-corrected chi connectivity index (χ4v) is 4.02. The van der Waals surface area contributed by atoms with Gasteiger partial charge in [0, 0.05) is 11.6 Å². The third-order valence-electron chi connectivity index (χ3n) is 5.58. The average molecular weight is 243 g/mol. The lowest BCUT2D eigenvalue weighted by molar-refractivity contribution is 0.227. The van der Waals surface area contributed by atoms with Gasteiger partial charge >= 0.3 is 0 Å². The van der Waals surface area contributed by atoms with Crippen molar-refractivity contribution in [1.29, 1.82) is 0 Å². The molecular formula is C13H17N5. The van der Waals surface area contributed by atoms with Gasteiger partial charge in [0.15, 0.2) is 0 Å². The molecule has 2 atom stereocenters. The van der Waals surface area contributed by atoms with Crippen LogP contribution in [-0.4, -0.2) is 19.6 Å². The molecule has 2 heterocycles. The zero-order valence-corrected chi connectivity index (χ0v) is 10.9. The monoisotopic (exact) mass is 243 g/mol. The number of hydrogen-bond acceptors (Lipinski definition) is 4. The van der Waals surface area contributed by atoms with Crippen molar-refractivity contribution in [3.8, 4) is 0 Å². The van der Waals surface area contributed by atoms with Gasteiger partial charge in [0.1, 0.15) is 0 Å². The number of anilines is 1. The van der Waals surface area contributed by atoms with E-state index in [2.05, 4.69) is 37.2 Å². The third kappa shape index (κ3) is 0.866. The van der Waals surface area contributed by atoms with Crippen LogP contribution >= 0.6 is 0 Å². The van der Waals surface area contributed by atoms with E-state index in [1.165, 1.54) is 24.1 Å². The first-order valence-electron chi connectivity index (χ1n) is 6.47. The Morgan fingerprint density at radius 2 is 2.11 bits per heavy atom. The molecule has 0 spiro atoms. The highest BCUT2D eigenvalue weighted by Gasteiger charge is 2.60.